The lowest BCUT2D eigenvalue weighted by molar-refractivity contribution is -0.120. The first-order chi connectivity index (χ1) is 18.5. The summed E-state index contributed by atoms with van der Waals surface area (Å²) in [7, 11) is 0. The summed E-state index contributed by atoms with van der Waals surface area (Å²) in [6.07, 6.45) is 1.44. The van der Waals surface area contributed by atoms with Crippen molar-refractivity contribution in [2.24, 2.45) is 10.7 Å². The Morgan fingerprint density at radius 3 is 2.82 bits per heavy atom. The number of benzene rings is 2. The number of aliphatic imine (C=N–C) groups is 1. The number of nitrogens with zero attached hydrogens (tertiary/aromatic N) is 1. The fourth-order valence-corrected chi connectivity index (χ4v) is 5.50. The normalized spacial score (nSPS) is 21.8. The number of rotatable bonds is 7. The van der Waals surface area contributed by atoms with Gasteiger partial charge in [-0.3, -0.25) is 14.9 Å². The number of halogens is 2. The van der Waals surface area contributed by atoms with Gasteiger partial charge in [-0.05, 0) is 74.6 Å². The van der Waals surface area contributed by atoms with Gasteiger partial charge in [-0.1, -0.05) is 6.07 Å². The number of alkyl halides is 2. The Bertz CT molecular complexity index is 1310. The van der Waals surface area contributed by atoms with Gasteiger partial charge in [-0.25, -0.2) is 13.8 Å². The first kappa shape index (κ1) is 26.9. The number of nitrogens with one attached hydrogen (secondary N) is 2. The lowest BCUT2D eigenvalue weighted by Crippen LogP contribution is -2.43. The van der Waals surface area contributed by atoms with Gasteiger partial charge in [0.05, 0.1) is 18.7 Å². The molecule has 0 spiro atoms. The predicted octanol–water partition coefficient (Wildman–Crippen LogP) is 4.21. The van der Waals surface area contributed by atoms with Crippen LogP contribution in [-0.4, -0.2) is 41.9 Å². The SMILES string of the molecule is CC1(C)CC(NC(=O)c2ccc3c(c2)CCCO3)c2cc(CC(F)(F)CCC3CC(=O)NC(N)=N3)ccc2O1. The maximum atomic E-state index is 15.0. The number of ether oxygens (including phenoxy) is 2. The number of aryl methyl sites for hydroxylation is 1. The van der Waals surface area contributed by atoms with Crippen molar-refractivity contribution in [2.75, 3.05) is 6.61 Å². The topological polar surface area (TPSA) is 115 Å². The van der Waals surface area contributed by atoms with Gasteiger partial charge in [0.1, 0.15) is 17.1 Å². The van der Waals surface area contributed by atoms with E-state index >= 15 is 0 Å². The molecule has 0 fully saturated rings. The van der Waals surface area contributed by atoms with E-state index in [1.807, 2.05) is 26.0 Å². The van der Waals surface area contributed by atoms with Gasteiger partial charge in [-0.15, -0.1) is 0 Å². The lowest BCUT2D eigenvalue weighted by Gasteiger charge is -2.38. The standard InChI is InChI=1S/C29H34F2N4O4/c1-28(2)16-22(34-26(37)19-6-8-23-18(13-19)4-3-11-38-23)21-12-17(5-7-24(21)39-28)15-29(30,31)10-9-20-14-25(36)35-27(32)33-20/h5-8,12-13,20,22H,3-4,9-11,14-16H2,1-2H3,(H,34,37)(H3,32,33,35,36). The molecule has 2 unspecified atom stereocenters. The van der Waals surface area contributed by atoms with E-state index in [0.29, 0.717) is 35.5 Å². The van der Waals surface area contributed by atoms with E-state index in [9.17, 15) is 18.4 Å². The molecular formula is C29H34F2N4O4. The molecule has 2 aromatic carbocycles. The highest BCUT2D eigenvalue weighted by Crippen LogP contribution is 2.41. The Balaban J connectivity index is 1.30. The second kappa shape index (κ2) is 10.5. The molecule has 0 aromatic heterocycles. The van der Waals surface area contributed by atoms with Gasteiger partial charge < -0.3 is 20.5 Å². The second-order valence-corrected chi connectivity index (χ2v) is 11.2. The van der Waals surface area contributed by atoms with Gasteiger partial charge in [-0.2, -0.15) is 0 Å². The van der Waals surface area contributed by atoms with Crippen molar-refractivity contribution in [3.05, 3.63) is 58.7 Å². The highest BCUT2D eigenvalue weighted by molar-refractivity contribution is 5.98. The molecule has 3 heterocycles. The Hall–Kier alpha value is -3.69. The van der Waals surface area contributed by atoms with Crippen LogP contribution in [0.4, 0.5) is 8.78 Å². The zero-order valence-corrected chi connectivity index (χ0v) is 22.2. The van der Waals surface area contributed by atoms with E-state index in [1.54, 1.807) is 24.3 Å². The number of guanidine groups is 1. The monoisotopic (exact) mass is 540 g/mol. The van der Waals surface area contributed by atoms with Crippen LogP contribution in [0.15, 0.2) is 41.4 Å². The summed E-state index contributed by atoms with van der Waals surface area (Å²) in [4.78, 5) is 29.0. The fraction of sp³-hybridized carbons (Fsp3) is 0.483. The molecule has 0 aliphatic carbocycles. The van der Waals surface area contributed by atoms with Gasteiger partial charge in [0.15, 0.2) is 5.96 Å². The molecule has 3 aliphatic heterocycles. The van der Waals surface area contributed by atoms with E-state index < -0.39 is 36.4 Å². The average molecular weight is 541 g/mol. The molecule has 5 rings (SSSR count). The molecule has 4 N–H and O–H groups in total. The van der Waals surface area contributed by atoms with Crippen molar-refractivity contribution in [2.45, 2.75) is 82.4 Å². The minimum Gasteiger partial charge on any atom is -0.493 e. The summed E-state index contributed by atoms with van der Waals surface area (Å²) >= 11 is 0. The molecular weight excluding hydrogens is 506 g/mol. The van der Waals surface area contributed by atoms with Crippen molar-refractivity contribution in [1.82, 2.24) is 10.6 Å². The minimum atomic E-state index is -3.01. The Kier molecular flexibility index (Phi) is 7.22. The first-order valence-electron chi connectivity index (χ1n) is 13.4. The van der Waals surface area contributed by atoms with Gasteiger partial charge in [0, 0.05) is 36.8 Å². The van der Waals surface area contributed by atoms with Crippen molar-refractivity contribution in [1.29, 1.82) is 0 Å². The first-order valence-corrected chi connectivity index (χ1v) is 13.4. The van der Waals surface area contributed by atoms with Crippen LogP contribution >= 0.6 is 0 Å². The molecule has 0 saturated heterocycles. The maximum absolute atomic E-state index is 15.0. The van der Waals surface area contributed by atoms with Gasteiger partial charge in [0.2, 0.25) is 5.91 Å². The predicted molar refractivity (Wildman–Crippen MR) is 142 cm³/mol. The van der Waals surface area contributed by atoms with Crippen LogP contribution in [0.1, 0.15) is 79.0 Å². The van der Waals surface area contributed by atoms with Crippen LogP contribution in [0.2, 0.25) is 0 Å². The minimum absolute atomic E-state index is 0.0333. The van der Waals surface area contributed by atoms with Gasteiger partial charge >= 0.3 is 0 Å². The molecule has 39 heavy (non-hydrogen) atoms. The van der Waals surface area contributed by atoms with Crippen LogP contribution < -0.4 is 25.8 Å². The van der Waals surface area contributed by atoms with Gasteiger partial charge in [0.25, 0.3) is 11.8 Å². The zero-order valence-electron chi connectivity index (χ0n) is 22.2. The summed E-state index contributed by atoms with van der Waals surface area (Å²) < 4.78 is 41.8. The molecule has 208 valence electrons. The van der Waals surface area contributed by atoms with Crippen molar-refractivity contribution in [3.63, 3.8) is 0 Å². The number of carbonyl (C=O) groups is 2. The second-order valence-electron chi connectivity index (χ2n) is 11.2. The molecule has 8 nitrogen and oxygen atoms in total. The molecule has 10 heteroatoms. The molecule has 3 aliphatic rings. The lowest BCUT2D eigenvalue weighted by atomic mass is 9.87. The van der Waals surface area contributed by atoms with E-state index in [4.69, 9.17) is 15.2 Å². The zero-order chi connectivity index (χ0) is 27.8. The van der Waals surface area contributed by atoms with E-state index in [2.05, 4.69) is 15.6 Å². The number of nitrogens with two attached hydrogens (primary N) is 1. The van der Waals surface area contributed by atoms with Crippen LogP contribution in [0.3, 0.4) is 0 Å². The molecule has 0 saturated carbocycles. The quantitative estimate of drug-likeness (QED) is 0.487. The fourth-order valence-electron chi connectivity index (χ4n) is 5.50. The number of hydrogen-bond donors (Lipinski definition) is 3. The molecule has 2 aromatic rings. The largest absolute Gasteiger partial charge is 0.493 e. The van der Waals surface area contributed by atoms with E-state index in [1.165, 1.54) is 0 Å². The summed E-state index contributed by atoms with van der Waals surface area (Å²) in [6.45, 7) is 4.55. The smallest absolute Gasteiger partial charge is 0.252 e. The summed E-state index contributed by atoms with van der Waals surface area (Å²) in [5.74, 6) is -2.21. The summed E-state index contributed by atoms with van der Waals surface area (Å²) in [5.41, 5.74) is 7.68. The third-order valence-corrected chi connectivity index (χ3v) is 7.32. The Labute approximate surface area is 226 Å². The Morgan fingerprint density at radius 1 is 1.23 bits per heavy atom. The highest BCUT2D eigenvalue weighted by Gasteiger charge is 2.36. The van der Waals surface area contributed by atoms with Crippen LogP contribution in [0.5, 0.6) is 11.5 Å². The molecule has 2 atom stereocenters. The van der Waals surface area contributed by atoms with Crippen LogP contribution in [-0.2, 0) is 17.6 Å². The Morgan fingerprint density at radius 2 is 2.03 bits per heavy atom. The number of carbonyl (C=O) groups excluding carboxylic acids is 2. The van der Waals surface area contributed by atoms with Crippen LogP contribution in [0, 0.1) is 0 Å². The van der Waals surface area contributed by atoms with E-state index in [-0.39, 0.29) is 30.6 Å². The highest BCUT2D eigenvalue weighted by atomic mass is 19.3. The number of amides is 2. The van der Waals surface area contributed by atoms with Crippen molar-refractivity contribution < 1.29 is 27.8 Å². The molecule has 2 amide bonds. The molecule has 0 radical (unpaired) electrons. The number of fused-ring (bicyclic) bond motifs is 2. The van der Waals surface area contributed by atoms with Crippen LogP contribution in [0.25, 0.3) is 0 Å². The third-order valence-electron chi connectivity index (χ3n) is 7.32. The summed E-state index contributed by atoms with van der Waals surface area (Å²) in [6, 6.07) is 9.51. The number of hydrogen-bond acceptors (Lipinski definition) is 6. The van der Waals surface area contributed by atoms with E-state index in [0.717, 1.165) is 24.2 Å². The summed E-state index contributed by atoms with van der Waals surface area (Å²) in [5, 5.41) is 5.48. The molecule has 0 bridgehead atoms. The van der Waals surface area contributed by atoms with Crippen molar-refractivity contribution in [3.8, 4) is 11.5 Å². The average Bonchev–Trinajstić information content (AvgIpc) is 2.86. The maximum Gasteiger partial charge on any atom is 0.252 e. The van der Waals surface area contributed by atoms with Crippen molar-refractivity contribution >= 4 is 17.8 Å². The third kappa shape index (κ3) is 6.49.